The van der Waals surface area contributed by atoms with E-state index in [9.17, 15) is 0 Å². The van der Waals surface area contributed by atoms with Crippen molar-refractivity contribution in [3.05, 3.63) is 24.3 Å². The minimum Gasteiger partial charge on any atom is -0.0745 e. The highest BCUT2D eigenvalue weighted by Crippen LogP contribution is 2.56. The van der Waals surface area contributed by atoms with E-state index < -0.39 is 0 Å². The monoisotopic (exact) mass is 188 g/mol. The van der Waals surface area contributed by atoms with E-state index in [-0.39, 0.29) is 0 Å². The molecular formula is C14H20. The van der Waals surface area contributed by atoms with E-state index in [4.69, 9.17) is 0 Å². The predicted octanol–water partition coefficient (Wildman–Crippen LogP) is 4.23. The van der Waals surface area contributed by atoms with Gasteiger partial charge in [0.1, 0.15) is 0 Å². The van der Waals surface area contributed by atoms with Crippen LogP contribution < -0.4 is 0 Å². The van der Waals surface area contributed by atoms with Gasteiger partial charge in [0.15, 0.2) is 0 Å². The van der Waals surface area contributed by atoms with Crippen LogP contribution in [0.3, 0.4) is 0 Å². The fourth-order valence-corrected chi connectivity index (χ4v) is 4.05. The lowest BCUT2D eigenvalue weighted by atomic mass is 9.62. The van der Waals surface area contributed by atoms with Gasteiger partial charge in [-0.05, 0) is 37.5 Å². The molecule has 0 aromatic carbocycles. The summed E-state index contributed by atoms with van der Waals surface area (Å²) in [5.74, 6) is 0. The first-order valence-electron chi connectivity index (χ1n) is 6.20. The van der Waals surface area contributed by atoms with E-state index in [1.807, 2.05) is 0 Å². The SMILES string of the molecule is C1=CC2(C=C1)CCCC1(CCCC1)C2. The van der Waals surface area contributed by atoms with Crippen LogP contribution in [0.4, 0.5) is 0 Å². The zero-order chi connectivity index (χ0) is 9.49. The molecule has 0 unspecified atom stereocenters. The molecule has 3 aliphatic carbocycles. The summed E-state index contributed by atoms with van der Waals surface area (Å²) in [6.45, 7) is 0. The van der Waals surface area contributed by atoms with Crippen molar-refractivity contribution in [1.29, 1.82) is 0 Å². The Morgan fingerprint density at radius 2 is 1.36 bits per heavy atom. The molecule has 14 heavy (non-hydrogen) atoms. The van der Waals surface area contributed by atoms with Crippen LogP contribution in [0.5, 0.6) is 0 Å². The Balaban J connectivity index is 1.84. The van der Waals surface area contributed by atoms with Crippen molar-refractivity contribution in [2.45, 2.75) is 51.4 Å². The summed E-state index contributed by atoms with van der Waals surface area (Å²) < 4.78 is 0. The van der Waals surface area contributed by atoms with Gasteiger partial charge in [-0.3, -0.25) is 0 Å². The zero-order valence-corrected chi connectivity index (χ0v) is 8.97. The molecule has 0 aromatic rings. The van der Waals surface area contributed by atoms with Gasteiger partial charge in [-0.25, -0.2) is 0 Å². The number of hydrogen-bond donors (Lipinski definition) is 0. The van der Waals surface area contributed by atoms with Crippen molar-refractivity contribution >= 4 is 0 Å². The van der Waals surface area contributed by atoms with Gasteiger partial charge in [0.2, 0.25) is 0 Å². The van der Waals surface area contributed by atoms with Gasteiger partial charge >= 0.3 is 0 Å². The van der Waals surface area contributed by atoms with E-state index in [1.165, 1.54) is 51.4 Å². The normalized spacial score (nSPS) is 32.0. The molecule has 0 bridgehead atoms. The van der Waals surface area contributed by atoms with Crippen LogP contribution in [0.1, 0.15) is 51.4 Å². The van der Waals surface area contributed by atoms with E-state index in [0.717, 1.165) is 5.41 Å². The third-order valence-corrected chi connectivity index (χ3v) is 4.69. The number of allylic oxidation sites excluding steroid dienone is 4. The van der Waals surface area contributed by atoms with Crippen molar-refractivity contribution < 1.29 is 0 Å². The van der Waals surface area contributed by atoms with Crippen LogP contribution >= 0.6 is 0 Å². The van der Waals surface area contributed by atoms with Gasteiger partial charge < -0.3 is 0 Å². The molecule has 0 heterocycles. The summed E-state index contributed by atoms with van der Waals surface area (Å²) in [6.07, 6.45) is 21.3. The first kappa shape index (κ1) is 8.76. The smallest absolute Gasteiger partial charge is 0.00724 e. The first-order chi connectivity index (χ1) is 6.83. The standard InChI is InChI=1S/C14H20/c1-2-7-13(6-1)10-5-11-14(12-13)8-3-4-9-14/h1-2,6-7H,3-5,8-12H2. The average molecular weight is 188 g/mol. The van der Waals surface area contributed by atoms with Crippen molar-refractivity contribution in [1.82, 2.24) is 0 Å². The Bertz CT molecular complexity index is 264. The maximum absolute atomic E-state index is 2.46. The quantitative estimate of drug-likeness (QED) is 0.533. The second-order valence-electron chi connectivity index (χ2n) is 5.69. The summed E-state index contributed by atoms with van der Waals surface area (Å²) in [7, 11) is 0. The lowest BCUT2D eigenvalue weighted by Gasteiger charge is -2.43. The molecule has 2 spiro atoms. The molecule has 76 valence electrons. The van der Waals surface area contributed by atoms with Crippen molar-refractivity contribution in [3.8, 4) is 0 Å². The molecule has 0 nitrogen and oxygen atoms in total. The Hall–Kier alpha value is -0.520. The predicted molar refractivity (Wildman–Crippen MR) is 60.1 cm³/mol. The molecule has 2 saturated carbocycles. The topological polar surface area (TPSA) is 0 Å². The summed E-state index contributed by atoms with van der Waals surface area (Å²) >= 11 is 0. The van der Waals surface area contributed by atoms with Crippen LogP contribution in [0.25, 0.3) is 0 Å². The summed E-state index contributed by atoms with van der Waals surface area (Å²) in [5.41, 5.74) is 1.24. The lowest BCUT2D eigenvalue weighted by Crippen LogP contribution is -2.31. The third-order valence-electron chi connectivity index (χ3n) is 4.69. The zero-order valence-electron chi connectivity index (χ0n) is 8.97. The highest BCUT2D eigenvalue weighted by atomic mass is 14.5. The molecule has 3 aliphatic rings. The van der Waals surface area contributed by atoms with Crippen LogP contribution in [-0.2, 0) is 0 Å². The van der Waals surface area contributed by atoms with E-state index >= 15 is 0 Å². The molecule has 3 rings (SSSR count). The van der Waals surface area contributed by atoms with Gasteiger partial charge in [-0.1, -0.05) is 43.6 Å². The Kier molecular flexibility index (Phi) is 1.87. The minimum atomic E-state index is 0.489. The minimum absolute atomic E-state index is 0.489. The molecule has 0 aromatic heterocycles. The molecule has 0 radical (unpaired) electrons. The Labute approximate surface area is 87.1 Å². The largest absolute Gasteiger partial charge is 0.0745 e. The van der Waals surface area contributed by atoms with Crippen molar-refractivity contribution in [2.75, 3.05) is 0 Å². The van der Waals surface area contributed by atoms with Gasteiger partial charge in [-0.2, -0.15) is 0 Å². The molecule has 0 amide bonds. The summed E-state index contributed by atoms with van der Waals surface area (Å²) in [5, 5.41) is 0. The molecule has 0 N–H and O–H groups in total. The maximum Gasteiger partial charge on any atom is 0.00724 e. The molecule has 0 saturated heterocycles. The summed E-state index contributed by atoms with van der Waals surface area (Å²) in [6, 6.07) is 0. The highest BCUT2D eigenvalue weighted by Gasteiger charge is 2.43. The van der Waals surface area contributed by atoms with E-state index in [0.29, 0.717) is 5.41 Å². The van der Waals surface area contributed by atoms with E-state index in [1.54, 1.807) is 0 Å². The van der Waals surface area contributed by atoms with Crippen LogP contribution in [0, 0.1) is 10.8 Å². The second-order valence-corrected chi connectivity index (χ2v) is 5.69. The van der Waals surface area contributed by atoms with Gasteiger partial charge in [0, 0.05) is 5.41 Å². The molecular weight excluding hydrogens is 168 g/mol. The van der Waals surface area contributed by atoms with E-state index in [2.05, 4.69) is 24.3 Å². The van der Waals surface area contributed by atoms with Crippen molar-refractivity contribution in [3.63, 3.8) is 0 Å². The fourth-order valence-electron chi connectivity index (χ4n) is 4.05. The summed E-state index contributed by atoms with van der Waals surface area (Å²) in [4.78, 5) is 0. The highest BCUT2D eigenvalue weighted by molar-refractivity contribution is 5.26. The second kappa shape index (κ2) is 2.98. The maximum atomic E-state index is 2.46. The van der Waals surface area contributed by atoms with Crippen molar-refractivity contribution in [2.24, 2.45) is 10.8 Å². The van der Waals surface area contributed by atoms with Crippen LogP contribution in [-0.4, -0.2) is 0 Å². The van der Waals surface area contributed by atoms with Gasteiger partial charge in [0.05, 0.1) is 0 Å². The molecule has 0 atom stereocenters. The first-order valence-corrected chi connectivity index (χ1v) is 6.20. The number of hydrogen-bond acceptors (Lipinski definition) is 0. The van der Waals surface area contributed by atoms with Gasteiger partial charge in [0.25, 0.3) is 0 Å². The van der Waals surface area contributed by atoms with Gasteiger partial charge in [-0.15, -0.1) is 0 Å². The molecule has 2 fully saturated rings. The van der Waals surface area contributed by atoms with Crippen LogP contribution in [0.15, 0.2) is 24.3 Å². The Morgan fingerprint density at radius 3 is 2.07 bits per heavy atom. The Morgan fingerprint density at radius 1 is 0.714 bits per heavy atom. The molecule has 0 aliphatic heterocycles. The third kappa shape index (κ3) is 1.27. The fraction of sp³-hybridized carbons (Fsp3) is 0.714. The average Bonchev–Trinajstić information content (AvgIpc) is 2.77. The van der Waals surface area contributed by atoms with Crippen LogP contribution in [0.2, 0.25) is 0 Å². The lowest BCUT2D eigenvalue weighted by molar-refractivity contribution is 0.128. The molecule has 0 heteroatoms. The number of rotatable bonds is 0.